The van der Waals surface area contributed by atoms with E-state index >= 15 is 0 Å². The van der Waals surface area contributed by atoms with Gasteiger partial charge in [-0.3, -0.25) is 9.59 Å². The van der Waals surface area contributed by atoms with Crippen molar-refractivity contribution in [2.45, 2.75) is 26.3 Å². The van der Waals surface area contributed by atoms with Crippen LogP contribution >= 0.6 is 0 Å². The standard InChI is InChI=1S/C20H20N2O2/c1-3-17(14-10-8-13(2)9-11-14)21-20(24)18-12-15-6-4-5-7-16(15)19(23)22-18/h4-12,17H,3H2,1-2H3,(H,21,24)(H,22,23). The van der Waals surface area contributed by atoms with Gasteiger partial charge >= 0.3 is 0 Å². The number of aromatic amines is 1. The van der Waals surface area contributed by atoms with Gasteiger partial charge in [-0.05, 0) is 36.4 Å². The quantitative estimate of drug-likeness (QED) is 0.769. The van der Waals surface area contributed by atoms with Crippen LogP contribution in [0.15, 0.2) is 59.4 Å². The van der Waals surface area contributed by atoms with Crippen molar-refractivity contribution in [1.29, 1.82) is 0 Å². The first kappa shape index (κ1) is 16.0. The second-order valence-electron chi connectivity index (χ2n) is 5.94. The third kappa shape index (κ3) is 3.23. The maximum absolute atomic E-state index is 12.6. The number of fused-ring (bicyclic) bond motifs is 1. The lowest BCUT2D eigenvalue weighted by molar-refractivity contribution is 0.0930. The Morgan fingerprint density at radius 1 is 1.12 bits per heavy atom. The maximum atomic E-state index is 12.6. The van der Waals surface area contributed by atoms with E-state index in [-0.39, 0.29) is 23.2 Å². The molecule has 1 atom stereocenters. The number of hydrogen-bond acceptors (Lipinski definition) is 2. The van der Waals surface area contributed by atoms with Crippen LogP contribution in [-0.2, 0) is 0 Å². The normalized spacial score (nSPS) is 12.1. The molecule has 1 amide bonds. The molecule has 1 unspecified atom stereocenters. The van der Waals surface area contributed by atoms with Gasteiger partial charge in [0.15, 0.2) is 0 Å². The van der Waals surface area contributed by atoms with E-state index in [1.165, 1.54) is 5.56 Å². The Balaban J connectivity index is 1.88. The number of H-pyrrole nitrogens is 1. The molecule has 0 saturated carbocycles. The van der Waals surface area contributed by atoms with Crippen LogP contribution in [0.25, 0.3) is 10.8 Å². The molecule has 4 nitrogen and oxygen atoms in total. The smallest absolute Gasteiger partial charge is 0.268 e. The van der Waals surface area contributed by atoms with Crippen LogP contribution in [-0.4, -0.2) is 10.9 Å². The fourth-order valence-electron chi connectivity index (χ4n) is 2.79. The van der Waals surface area contributed by atoms with Crippen LogP contribution < -0.4 is 10.9 Å². The predicted octanol–water partition coefficient (Wildman–Crippen LogP) is 3.72. The Morgan fingerprint density at radius 2 is 1.83 bits per heavy atom. The number of pyridine rings is 1. The summed E-state index contributed by atoms with van der Waals surface area (Å²) in [5.41, 5.74) is 2.27. The first-order chi connectivity index (χ1) is 11.6. The van der Waals surface area contributed by atoms with Crippen molar-refractivity contribution >= 4 is 16.7 Å². The molecule has 24 heavy (non-hydrogen) atoms. The number of carbonyl (C=O) groups is 1. The summed E-state index contributed by atoms with van der Waals surface area (Å²) >= 11 is 0. The number of hydrogen-bond donors (Lipinski definition) is 2. The predicted molar refractivity (Wildman–Crippen MR) is 96.2 cm³/mol. The molecular weight excluding hydrogens is 300 g/mol. The summed E-state index contributed by atoms with van der Waals surface area (Å²) in [6.45, 7) is 4.05. The molecule has 0 aliphatic heterocycles. The molecule has 2 aromatic carbocycles. The van der Waals surface area contributed by atoms with Crippen LogP contribution in [0, 0.1) is 6.92 Å². The van der Waals surface area contributed by atoms with Gasteiger partial charge in [0, 0.05) is 5.39 Å². The summed E-state index contributed by atoms with van der Waals surface area (Å²) in [5.74, 6) is -0.273. The summed E-state index contributed by atoms with van der Waals surface area (Å²) in [6.07, 6.45) is 0.770. The van der Waals surface area contributed by atoms with Gasteiger partial charge in [0.1, 0.15) is 5.69 Å². The van der Waals surface area contributed by atoms with Crippen molar-refractivity contribution in [2.24, 2.45) is 0 Å². The number of aromatic nitrogens is 1. The molecule has 0 saturated heterocycles. The van der Waals surface area contributed by atoms with Crippen LogP contribution in [0.2, 0.25) is 0 Å². The Kier molecular flexibility index (Phi) is 4.47. The summed E-state index contributed by atoms with van der Waals surface area (Å²) < 4.78 is 0. The van der Waals surface area contributed by atoms with Crippen LogP contribution in [0.5, 0.6) is 0 Å². The van der Waals surface area contributed by atoms with Gasteiger partial charge in [-0.2, -0.15) is 0 Å². The third-order valence-electron chi connectivity index (χ3n) is 4.19. The van der Waals surface area contributed by atoms with Gasteiger partial charge in [-0.25, -0.2) is 0 Å². The van der Waals surface area contributed by atoms with E-state index in [1.807, 2.05) is 56.3 Å². The zero-order valence-corrected chi connectivity index (χ0v) is 13.8. The van der Waals surface area contributed by atoms with Gasteiger partial charge in [-0.15, -0.1) is 0 Å². The van der Waals surface area contributed by atoms with Gasteiger partial charge in [0.2, 0.25) is 0 Å². The zero-order valence-electron chi connectivity index (χ0n) is 13.8. The number of carbonyl (C=O) groups excluding carboxylic acids is 1. The van der Waals surface area contributed by atoms with Crippen LogP contribution in [0.4, 0.5) is 0 Å². The molecule has 0 radical (unpaired) electrons. The van der Waals surface area contributed by atoms with Crippen molar-refractivity contribution in [3.8, 4) is 0 Å². The minimum Gasteiger partial charge on any atom is -0.344 e. The highest BCUT2D eigenvalue weighted by Crippen LogP contribution is 2.18. The molecule has 3 rings (SSSR count). The topological polar surface area (TPSA) is 62.0 Å². The molecule has 0 bridgehead atoms. The Morgan fingerprint density at radius 3 is 2.54 bits per heavy atom. The summed E-state index contributed by atoms with van der Waals surface area (Å²) in [4.78, 5) is 27.4. The third-order valence-corrected chi connectivity index (χ3v) is 4.19. The van der Waals surface area contributed by atoms with Crippen molar-refractivity contribution in [3.05, 3.63) is 81.8 Å². The minimum absolute atomic E-state index is 0.0897. The first-order valence-corrected chi connectivity index (χ1v) is 8.08. The highest BCUT2D eigenvalue weighted by atomic mass is 16.2. The molecule has 0 fully saturated rings. The Hall–Kier alpha value is -2.88. The highest BCUT2D eigenvalue weighted by Gasteiger charge is 2.15. The summed E-state index contributed by atoms with van der Waals surface area (Å²) in [5, 5.41) is 4.34. The fraction of sp³-hybridized carbons (Fsp3) is 0.200. The monoisotopic (exact) mass is 320 g/mol. The van der Waals surface area contributed by atoms with Crippen molar-refractivity contribution in [2.75, 3.05) is 0 Å². The highest BCUT2D eigenvalue weighted by molar-refractivity contribution is 5.96. The average molecular weight is 320 g/mol. The van der Waals surface area contributed by atoms with E-state index in [2.05, 4.69) is 10.3 Å². The Labute approximate surface area is 140 Å². The fourth-order valence-corrected chi connectivity index (χ4v) is 2.79. The molecule has 1 heterocycles. The number of rotatable bonds is 4. The number of aryl methyl sites for hydroxylation is 1. The largest absolute Gasteiger partial charge is 0.344 e. The molecule has 0 aliphatic carbocycles. The number of amides is 1. The zero-order chi connectivity index (χ0) is 17.1. The van der Waals surface area contributed by atoms with Crippen LogP contribution in [0.1, 0.15) is 41.0 Å². The second kappa shape index (κ2) is 6.71. The molecule has 4 heteroatoms. The maximum Gasteiger partial charge on any atom is 0.268 e. The van der Waals surface area contributed by atoms with Gasteiger partial charge in [0.25, 0.3) is 11.5 Å². The number of nitrogens with one attached hydrogen (secondary N) is 2. The van der Waals surface area contributed by atoms with E-state index in [0.717, 1.165) is 17.4 Å². The van der Waals surface area contributed by atoms with E-state index in [0.29, 0.717) is 5.39 Å². The summed E-state index contributed by atoms with van der Waals surface area (Å²) in [7, 11) is 0. The van der Waals surface area contributed by atoms with E-state index < -0.39 is 0 Å². The Bertz CT molecular complexity index is 926. The molecule has 0 spiro atoms. The SMILES string of the molecule is CCC(NC(=O)c1cc2ccccc2c(=O)[nH]1)c1ccc(C)cc1. The first-order valence-electron chi connectivity index (χ1n) is 8.08. The van der Waals surface area contributed by atoms with Gasteiger partial charge in [-0.1, -0.05) is 55.0 Å². The molecule has 3 aromatic rings. The van der Waals surface area contributed by atoms with E-state index in [9.17, 15) is 9.59 Å². The van der Waals surface area contributed by atoms with E-state index in [1.54, 1.807) is 12.1 Å². The number of benzene rings is 2. The van der Waals surface area contributed by atoms with Crippen LogP contribution in [0.3, 0.4) is 0 Å². The van der Waals surface area contributed by atoms with E-state index in [4.69, 9.17) is 0 Å². The van der Waals surface area contributed by atoms with Crippen molar-refractivity contribution in [1.82, 2.24) is 10.3 Å². The molecule has 1 aromatic heterocycles. The second-order valence-corrected chi connectivity index (χ2v) is 5.94. The van der Waals surface area contributed by atoms with Gasteiger partial charge < -0.3 is 10.3 Å². The molecule has 0 aliphatic rings. The van der Waals surface area contributed by atoms with Gasteiger partial charge in [0.05, 0.1) is 6.04 Å². The molecular formula is C20H20N2O2. The van der Waals surface area contributed by atoms with Crippen molar-refractivity contribution < 1.29 is 4.79 Å². The lowest BCUT2D eigenvalue weighted by Crippen LogP contribution is -2.30. The molecule has 122 valence electrons. The molecule has 2 N–H and O–H groups in total. The minimum atomic E-state index is -0.273. The lowest BCUT2D eigenvalue weighted by Gasteiger charge is -2.17. The average Bonchev–Trinajstić information content (AvgIpc) is 2.60. The van der Waals surface area contributed by atoms with Crippen molar-refractivity contribution in [3.63, 3.8) is 0 Å². The lowest BCUT2D eigenvalue weighted by atomic mass is 10.0. The summed E-state index contributed by atoms with van der Waals surface area (Å²) in [6, 6.07) is 17.0.